The lowest BCUT2D eigenvalue weighted by Gasteiger charge is -2.08. The van der Waals surface area contributed by atoms with Crippen molar-refractivity contribution in [3.63, 3.8) is 0 Å². The number of hydrogen-bond acceptors (Lipinski definition) is 6. The van der Waals surface area contributed by atoms with E-state index in [0.29, 0.717) is 21.7 Å². The molecule has 2 aromatic heterocycles. The van der Waals surface area contributed by atoms with Gasteiger partial charge in [0.1, 0.15) is 5.69 Å². The summed E-state index contributed by atoms with van der Waals surface area (Å²) in [5.41, 5.74) is 1.45. The highest BCUT2D eigenvalue weighted by Gasteiger charge is 2.25. The van der Waals surface area contributed by atoms with Crippen LogP contribution in [-0.2, 0) is 9.47 Å². The average molecular weight is 363 g/mol. The van der Waals surface area contributed by atoms with Gasteiger partial charge in [0.25, 0.3) is 0 Å². The van der Waals surface area contributed by atoms with E-state index in [0.717, 1.165) is 4.88 Å². The molecular formula is C18H21NO5S. The first-order chi connectivity index (χ1) is 11.7. The number of H-pyrrole nitrogens is 1. The average Bonchev–Trinajstić information content (AvgIpc) is 3.07. The number of ether oxygens (including phenoxy) is 2. The third-order valence-electron chi connectivity index (χ3n) is 3.54. The molecule has 1 N–H and O–H groups in total. The zero-order chi connectivity index (χ0) is 18.7. The maximum Gasteiger partial charge on any atom is 0.355 e. The van der Waals surface area contributed by atoms with Gasteiger partial charge < -0.3 is 14.5 Å². The minimum Gasteiger partial charge on any atom is -0.459 e. The molecule has 0 saturated carbocycles. The molecule has 2 heterocycles. The van der Waals surface area contributed by atoms with E-state index < -0.39 is 11.9 Å². The normalized spacial score (nSPS) is 10.8. The smallest absolute Gasteiger partial charge is 0.355 e. The van der Waals surface area contributed by atoms with Crippen molar-refractivity contribution in [3.05, 3.63) is 44.4 Å². The highest BCUT2D eigenvalue weighted by molar-refractivity contribution is 7.14. The van der Waals surface area contributed by atoms with Crippen molar-refractivity contribution in [2.45, 2.75) is 40.7 Å². The minimum absolute atomic E-state index is 0.156. The van der Waals surface area contributed by atoms with Gasteiger partial charge in [-0.1, -0.05) is 0 Å². The molecule has 134 valence electrons. The number of aromatic nitrogens is 1. The number of nitrogens with one attached hydrogen (secondary N) is 1. The molecule has 0 spiro atoms. The Bertz CT molecular complexity index is 816. The fraction of sp³-hybridized carbons (Fsp3) is 0.389. The maximum absolute atomic E-state index is 12.3. The molecule has 0 aliphatic carbocycles. The standard InChI is InChI=1S/C18H21NO5S/c1-9(2)24-17(21)15-11(4)16(19-12(15)5)18(22)23-8-13(20)14-7-6-10(3)25-14/h6-7,9,19H,8H2,1-5H3. The van der Waals surface area contributed by atoms with Gasteiger partial charge in [-0.15, -0.1) is 11.3 Å². The molecule has 0 bridgehead atoms. The third kappa shape index (κ3) is 4.36. The summed E-state index contributed by atoms with van der Waals surface area (Å²) in [4.78, 5) is 40.8. The molecule has 0 atom stereocenters. The Kier molecular flexibility index (Phi) is 5.79. The molecular weight excluding hydrogens is 342 g/mol. The summed E-state index contributed by atoms with van der Waals surface area (Å²) >= 11 is 1.35. The van der Waals surface area contributed by atoms with Crippen LogP contribution in [-0.4, -0.2) is 35.4 Å². The number of ketones is 1. The molecule has 0 aromatic carbocycles. The predicted molar refractivity (Wildman–Crippen MR) is 94.5 cm³/mol. The molecule has 6 nitrogen and oxygen atoms in total. The van der Waals surface area contributed by atoms with E-state index in [1.807, 2.05) is 13.0 Å². The Morgan fingerprint density at radius 3 is 2.36 bits per heavy atom. The molecule has 25 heavy (non-hydrogen) atoms. The summed E-state index contributed by atoms with van der Waals surface area (Å²) < 4.78 is 10.3. The van der Waals surface area contributed by atoms with Crippen LogP contribution in [0, 0.1) is 20.8 Å². The van der Waals surface area contributed by atoms with Gasteiger partial charge in [0, 0.05) is 10.6 Å². The van der Waals surface area contributed by atoms with Gasteiger partial charge in [0.15, 0.2) is 6.61 Å². The second-order valence-electron chi connectivity index (χ2n) is 5.99. The van der Waals surface area contributed by atoms with Crippen LogP contribution in [0.15, 0.2) is 12.1 Å². The number of rotatable bonds is 6. The van der Waals surface area contributed by atoms with Crippen LogP contribution in [0.4, 0.5) is 0 Å². The molecule has 0 fully saturated rings. The van der Waals surface area contributed by atoms with E-state index in [9.17, 15) is 14.4 Å². The number of hydrogen-bond donors (Lipinski definition) is 1. The summed E-state index contributed by atoms with van der Waals surface area (Å²) in [5.74, 6) is -1.43. The zero-order valence-electron chi connectivity index (χ0n) is 14.9. The van der Waals surface area contributed by atoms with Crippen molar-refractivity contribution in [1.29, 1.82) is 0 Å². The van der Waals surface area contributed by atoms with Gasteiger partial charge in [-0.25, -0.2) is 9.59 Å². The molecule has 2 aromatic rings. The van der Waals surface area contributed by atoms with Gasteiger partial charge in [-0.2, -0.15) is 0 Å². The van der Waals surface area contributed by atoms with Gasteiger partial charge in [-0.3, -0.25) is 4.79 Å². The highest BCUT2D eigenvalue weighted by Crippen LogP contribution is 2.21. The molecule has 0 aliphatic rings. The third-order valence-corrected chi connectivity index (χ3v) is 4.58. The van der Waals surface area contributed by atoms with Gasteiger partial charge in [0.2, 0.25) is 5.78 Å². The van der Waals surface area contributed by atoms with Gasteiger partial charge in [-0.05, 0) is 52.3 Å². The number of aromatic amines is 1. The quantitative estimate of drug-likeness (QED) is 0.626. The van der Waals surface area contributed by atoms with Crippen molar-refractivity contribution in [2.24, 2.45) is 0 Å². The van der Waals surface area contributed by atoms with Crippen LogP contribution in [0.3, 0.4) is 0 Å². The summed E-state index contributed by atoms with van der Waals surface area (Å²) in [7, 11) is 0. The summed E-state index contributed by atoms with van der Waals surface area (Å²) in [5, 5.41) is 0. The lowest BCUT2D eigenvalue weighted by molar-refractivity contribution is 0.0376. The Morgan fingerprint density at radius 1 is 1.12 bits per heavy atom. The maximum atomic E-state index is 12.3. The van der Waals surface area contributed by atoms with Crippen LogP contribution in [0.25, 0.3) is 0 Å². The lowest BCUT2D eigenvalue weighted by Crippen LogP contribution is -2.15. The van der Waals surface area contributed by atoms with Gasteiger partial charge >= 0.3 is 11.9 Å². The first-order valence-corrected chi connectivity index (χ1v) is 8.69. The predicted octanol–water partition coefficient (Wildman–Crippen LogP) is 3.61. The van der Waals surface area contributed by atoms with Crippen molar-refractivity contribution in [3.8, 4) is 0 Å². The number of Topliss-reactive ketones (excluding diaryl/α,β-unsaturated/α-hetero) is 1. The summed E-state index contributed by atoms with van der Waals surface area (Å²) in [6.07, 6.45) is -0.261. The Labute approximate surface area is 150 Å². The SMILES string of the molecule is Cc1ccc(C(=O)COC(=O)c2[nH]c(C)c(C(=O)OC(C)C)c2C)s1. The second-order valence-corrected chi connectivity index (χ2v) is 7.28. The van der Waals surface area contributed by atoms with E-state index in [2.05, 4.69) is 4.98 Å². The van der Waals surface area contributed by atoms with E-state index in [1.54, 1.807) is 33.8 Å². The van der Waals surface area contributed by atoms with Crippen LogP contribution >= 0.6 is 11.3 Å². The molecule has 2 rings (SSSR count). The summed E-state index contributed by atoms with van der Waals surface area (Å²) in [6.45, 7) is 8.38. The van der Waals surface area contributed by atoms with Crippen LogP contribution in [0.2, 0.25) is 0 Å². The minimum atomic E-state index is -0.675. The van der Waals surface area contributed by atoms with Crippen LogP contribution in [0.1, 0.15) is 60.5 Å². The van der Waals surface area contributed by atoms with Crippen molar-refractivity contribution >= 4 is 29.1 Å². The molecule has 7 heteroatoms. The fourth-order valence-electron chi connectivity index (χ4n) is 2.39. The lowest BCUT2D eigenvalue weighted by atomic mass is 10.1. The Hall–Kier alpha value is -2.41. The number of carbonyl (C=O) groups is 3. The molecule has 0 unspecified atom stereocenters. The number of carbonyl (C=O) groups excluding carboxylic acids is 3. The number of thiophene rings is 1. The van der Waals surface area contributed by atoms with E-state index in [1.165, 1.54) is 11.3 Å². The Balaban J connectivity index is 2.09. The molecule has 0 radical (unpaired) electrons. The Morgan fingerprint density at radius 2 is 1.80 bits per heavy atom. The monoisotopic (exact) mass is 363 g/mol. The second kappa shape index (κ2) is 7.65. The first-order valence-electron chi connectivity index (χ1n) is 7.87. The number of esters is 2. The molecule has 0 saturated heterocycles. The highest BCUT2D eigenvalue weighted by atomic mass is 32.1. The molecule has 0 aliphatic heterocycles. The number of aryl methyl sites for hydroxylation is 2. The van der Waals surface area contributed by atoms with E-state index in [-0.39, 0.29) is 24.2 Å². The largest absolute Gasteiger partial charge is 0.459 e. The topological polar surface area (TPSA) is 85.5 Å². The van der Waals surface area contributed by atoms with Crippen LogP contribution < -0.4 is 0 Å². The zero-order valence-corrected chi connectivity index (χ0v) is 15.7. The van der Waals surface area contributed by atoms with E-state index in [4.69, 9.17) is 9.47 Å². The fourth-order valence-corrected chi connectivity index (χ4v) is 3.18. The molecule has 0 amide bonds. The van der Waals surface area contributed by atoms with Crippen molar-refractivity contribution in [2.75, 3.05) is 6.61 Å². The van der Waals surface area contributed by atoms with E-state index >= 15 is 0 Å². The van der Waals surface area contributed by atoms with Crippen LogP contribution in [0.5, 0.6) is 0 Å². The van der Waals surface area contributed by atoms with Crippen molar-refractivity contribution < 1.29 is 23.9 Å². The summed E-state index contributed by atoms with van der Waals surface area (Å²) in [6, 6.07) is 3.55. The van der Waals surface area contributed by atoms with Crippen molar-refractivity contribution in [1.82, 2.24) is 4.98 Å². The van der Waals surface area contributed by atoms with Gasteiger partial charge in [0.05, 0.1) is 16.5 Å². The first kappa shape index (κ1) is 18.9.